The zero-order valence-corrected chi connectivity index (χ0v) is 20.5. The van der Waals surface area contributed by atoms with Crippen LogP contribution in [0.3, 0.4) is 0 Å². The summed E-state index contributed by atoms with van der Waals surface area (Å²) in [6, 6.07) is 17.7. The van der Waals surface area contributed by atoms with Gasteiger partial charge in [-0.15, -0.1) is 0 Å². The van der Waals surface area contributed by atoms with Crippen molar-refractivity contribution in [3.63, 3.8) is 0 Å². The lowest BCUT2D eigenvalue weighted by atomic mass is 9.72. The first-order chi connectivity index (χ1) is 17.2. The molecule has 3 aromatic rings. The molecule has 3 aliphatic rings. The number of amides is 1. The van der Waals surface area contributed by atoms with Crippen molar-refractivity contribution in [3.05, 3.63) is 72.1 Å². The smallest absolute Gasteiger partial charge is 0.233 e. The molecule has 182 valence electrons. The molecule has 0 saturated carbocycles. The maximum Gasteiger partial charge on any atom is 0.233 e. The van der Waals surface area contributed by atoms with E-state index in [1.54, 1.807) is 7.11 Å². The largest absolute Gasteiger partial charge is 0.497 e. The van der Waals surface area contributed by atoms with E-state index in [1.165, 1.54) is 16.3 Å². The van der Waals surface area contributed by atoms with E-state index < -0.39 is 5.41 Å². The maximum absolute atomic E-state index is 14.3. The summed E-state index contributed by atoms with van der Waals surface area (Å²) in [4.78, 5) is 20.9. The van der Waals surface area contributed by atoms with Crippen LogP contribution < -0.4 is 4.74 Å². The Labute approximate surface area is 207 Å². The first-order valence-electron chi connectivity index (χ1n) is 13.0. The van der Waals surface area contributed by atoms with E-state index in [0.29, 0.717) is 37.1 Å². The molecule has 4 heterocycles. The summed E-state index contributed by atoms with van der Waals surface area (Å²) in [6.45, 7) is 1.28. The fourth-order valence-corrected chi connectivity index (χ4v) is 6.88. The molecule has 0 N–H and O–H groups in total. The standard InChI is InChI=1S/C30H34N2O3/c1-34-28-8-4-25(5-9-28)30(11-14-35-15-12-30)29(33)32-26-6-7-27(32)19-22(18-26)16-21-2-3-24-20-31-13-10-23(24)17-21/h2-5,8-10,13,17,20,22,26-27H,6-7,11-12,14-16,18-19H2,1H3. The number of fused-ring (bicyclic) bond motifs is 3. The third-order valence-corrected chi connectivity index (χ3v) is 8.69. The van der Waals surface area contributed by atoms with Gasteiger partial charge in [0.1, 0.15) is 5.75 Å². The highest BCUT2D eigenvalue weighted by atomic mass is 16.5. The zero-order valence-electron chi connectivity index (χ0n) is 20.5. The van der Waals surface area contributed by atoms with Gasteiger partial charge < -0.3 is 14.4 Å². The Morgan fingerprint density at radius 3 is 2.49 bits per heavy atom. The van der Waals surface area contributed by atoms with Crippen LogP contribution in [0.25, 0.3) is 10.8 Å². The van der Waals surface area contributed by atoms with Gasteiger partial charge in [0, 0.05) is 43.1 Å². The van der Waals surface area contributed by atoms with Crippen LogP contribution in [0.1, 0.15) is 49.7 Å². The fraction of sp³-hybridized carbons (Fsp3) is 0.467. The maximum atomic E-state index is 14.3. The van der Waals surface area contributed by atoms with E-state index in [1.807, 2.05) is 24.5 Å². The van der Waals surface area contributed by atoms with Crippen molar-refractivity contribution in [2.24, 2.45) is 5.92 Å². The number of ether oxygens (including phenoxy) is 2. The zero-order chi connectivity index (χ0) is 23.8. The van der Waals surface area contributed by atoms with Crippen LogP contribution in [0, 0.1) is 5.92 Å². The van der Waals surface area contributed by atoms with Gasteiger partial charge in [-0.3, -0.25) is 9.78 Å². The number of methoxy groups -OCH3 is 1. The summed E-state index contributed by atoms with van der Waals surface area (Å²) in [6.07, 6.45) is 10.9. The minimum Gasteiger partial charge on any atom is -0.497 e. The van der Waals surface area contributed by atoms with Crippen molar-refractivity contribution in [1.82, 2.24) is 9.88 Å². The number of hydrogen-bond donors (Lipinski definition) is 0. The number of rotatable bonds is 5. The Morgan fingerprint density at radius 1 is 1.03 bits per heavy atom. The minimum absolute atomic E-state index is 0.329. The monoisotopic (exact) mass is 470 g/mol. The number of aromatic nitrogens is 1. The molecule has 3 fully saturated rings. The molecule has 1 amide bonds. The number of carbonyl (C=O) groups is 1. The molecule has 2 bridgehead atoms. The molecular weight excluding hydrogens is 436 g/mol. The Kier molecular flexibility index (Phi) is 5.97. The van der Waals surface area contributed by atoms with Crippen molar-refractivity contribution in [3.8, 4) is 5.75 Å². The summed E-state index contributed by atoms with van der Waals surface area (Å²) in [5, 5.41) is 2.45. The van der Waals surface area contributed by atoms with E-state index >= 15 is 0 Å². The lowest BCUT2D eigenvalue weighted by Crippen LogP contribution is -2.56. The topological polar surface area (TPSA) is 51.7 Å². The molecule has 0 spiro atoms. The predicted octanol–water partition coefficient (Wildman–Crippen LogP) is 5.30. The van der Waals surface area contributed by atoms with E-state index in [-0.39, 0.29) is 0 Å². The van der Waals surface area contributed by atoms with Crippen molar-refractivity contribution >= 4 is 16.7 Å². The molecule has 2 atom stereocenters. The summed E-state index contributed by atoms with van der Waals surface area (Å²) in [7, 11) is 1.68. The highest BCUT2D eigenvalue weighted by Gasteiger charge is 2.51. The van der Waals surface area contributed by atoms with Crippen LogP contribution >= 0.6 is 0 Å². The number of benzene rings is 2. The summed E-state index contributed by atoms with van der Waals surface area (Å²) < 4.78 is 11.1. The molecular formula is C30H34N2O3. The number of piperidine rings is 1. The van der Waals surface area contributed by atoms with Gasteiger partial charge in [-0.25, -0.2) is 0 Å². The van der Waals surface area contributed by atoms with Crippen molar-refractivity contribution in [1.29, 1.82) is 0 Å². The molecule has 0 radical (unpaired) electrons. The summed E-state index contributed by atoms with van der Waals surface area (Å²) >= 11 is 0. The van der Waals surface area contributed by atoms with Gasteiger partial charge in [-0.05, 0) is 85.6 Å². The molecule has 0 aliphatic carbocycles. The van der Waals surface area contributed by atoms with E-state index in [2.05, 4.69) is 46.3 Å². The molecule has 5 heteroatoms. The Morgan fingerprint density at radius 2 is 1.77 bits per heavy atom. The van der Waals surface area contributed by atoms with Gasteiger partial charge in [0.25, 0.3) is 0 Å². The van der Waals surface area contributed by atoms with Gasteiger partial charge in [-0.1, -0.05) is 30.3 Å². The first-order valence-corrected chi connectivity index (χ1v) is 13.0. The van der Waals surface area contributed by atoms with Crippen LogP contribution in [0.15, 0.2) is 60.9 Å². The molecule has 2 unspecified atom stereocenters. The lowest BCUT2D eigenvalue weighted by Gasteiger charge is -2.46. The molecule has 3 aliphatic heterocycles. The van der Waals surface area contributed by atoms with E-state index in [0.717, 1.165) is 56.3 Å². The van der Waals surface area contributed by atoms with Crippen LogP contribution in [0.5, 0.6) is 5.75 Å². The average molecular weight is 471 g/mol. The highest BCUT2D eigenvalue weighted by molar-refractivity contribution is 5.89. The van der Waals surface area contributed by atoms with Crippen molar-refractivity contribution < 1.29 is 14.3 Å². The molecule has 1 aromatic heterocycles. The van der Waals surface area contributed by atoms with Gasteiger partial charge in [0.2, 0.25) is 5.91 Å². The molecule has 2 aromatic carbocycles. The lowest BCUT2D eigenvalue weighted by molar-refractivity contribution is -0.146. The van der Waals surface area contributed by atoms with Crippen molar-refractivity contribution in [2.45, 2.75) is 62.4 Å². The third kappa shape index (κ3) is 4.10. The van der Waals surface area contributed by atoms with Crippen LogP contribution in [-0.2, 0) is 21.4 Å². The fourth-order valence-electron chi connectivity index (χ4n) is 6.88. The van der Waals surface area contributed by atoms with Gasteiger partial charge in [-0.2, -0.15) is 0 Å². The van der Waals surface area contributed by atoms with Gasteiger partial charge >= 0.3 is 0 Å². The molecule has 35 heavy (non-hydrogen) atoms. The van der Waals surface area contributed by atoms with Gasteiger partial charge in [0.05, 0.1) is 12.5 Å². The van der Waals surface area contributed by atoms with Gasteiger partial charge in [0.15, 0.2) is 0 Å². The predicted molar refractivity (Wildman–Crippen MR) is 137 cm³/mol. The number of hydrogen-bond acceptors (Lipinski definition) is 4. The number of pyridine rings is 1. The third-order valence-electron chi connectivity index (χ3n) is 8.69. The second-order valence-corrected chi connectivity index (χ2v) is 10.6. The SMILES string of the molecule is COc1ccc(C2(C(=O)N3C4CCC3CC(Cc3ccc5cnccc5c3)C4)CCOCC2)cc1. The Balaban J connectivity index is 1.22. The van der Waals surface area contributed by atoms with E-state index in [9.17, 15) is 4.79 Å². The molecule has 6 rings (SSSR count). The quantitative estimate of drug-likeness (QED) is 0.508. The normalized spacial score (nSPS) is 25.5. The minimum atomic E-state index is -0.482. The van der Waals surface area contributed by atoms with Crippen LogP contribution in [0.2, 0.25) is 0 Å². The molecule has 3 saturated heterocycles. The first kappa shape index (κ1) is 22.5. The number of carbonyl (C=O) groups excluding carboxylic acids is 1. The average Bonchev–Trinajstić information content (AvgIpc) is 3.18. The summed E-state index contributed by atoms with van der Waals surface area (Å²) in [5.41, 5.74) is 2.02. The highest BCUT2D eigenvalue weighted by Crippen LogP contribution is 2.45. The second kappa shape index (κ2) is 9.27. The van der Waals surface area contributed by atoms with Crippen LogP contribution in [0.4, 0.5) is 0 Å². The molecule has 5 nitrogen and oxygen atoms in total. The number of nitrogens with zero attached hydrogens (tertiary/aromatic N) is 2. The second-order valence-electron chi connectivity index (χ2n) is 10.6. The van der Waals surface area contributed by atoms with Crippen molar-refractivity contribution in [2.75, 3.05) is 20.3 Å². The van der Waals surface area contributed by atoms with E-state index in [4.69, 9.17) is 9.47 Å². The summed E-state index contributed by atoms with van der Waals surface area (Å²) in [5.74, 6) is 1.78. The Hall–Kier alpha value is -2.92. The van der Waals surface area contributed by atoms with Crippen LogP contribution in [-0.4, -0.2) is 48.2 Å². The Bertz CT molecular complexity index is 1190.